The molecule has 0 bridgehead atoms. The second kappa shape index (κ2) is 10.4. The van der Waals surface area contributed by atoms with E-state index in [0.29, 0.717) is 35.4 Å². The van der Waals surface area contributed by atoms with E-state index in [4.69, 9.17) is 9.15 Å². The first-order chi connectivity index (χ1) is 18.0. The number of amides is 1. The lowest BCUT2D eigenvalue weighted by molar-refractivity contribution is 0.0591. The third kappa shape index (κ3) is 5.06. The smallest absolute Gasteiger partial charge is 0.356 e. The monoisotopic (exact) mass is 498 g/mol. The Bertz CT molecular complexity index is 1550. The van der Waals surface area contributed by atoms with Crippen molar-refractivity contribution in [3.8, 4) is 0 Å². The van der Waals surface area contributed by atoms with E-state index < -0.39 is 11.9 Å². The number of carbonyl (C=O) groups is 2. The molecule has 2 aromatic carbocycles. The van der Waals surface area contributed by atoms with Gasteiger partial charge in [0.15, 0.2) is 5.69 Å². The molecule has 1 amide bonds. The van der Waals surface area contributed by atoms with E-state index >= 15 is 0 Å². The van der Waals surface area contributed by atoms with Gasteiger partial charge < -0.3 is 24.4 Å². The molecule has 3 aromatic heterocycles. The number of benzene rings is 2. The summed E-state index contributed by atoms with van der Waals surface area (Å²) in [6.45, 7) is 0.761. The topological polar surface area (TPSA) is 98.4 Å². The Kier molecular flexibility index (Phi) is 6.67. The Morgan fingerprint density at radius 1 is 1.05 bits per heavy atom. The number of carbonyl (C=O) groups excluding carboxylic acids is 2. The summed E-state index contributed by atoms with van der Waals surface area (Å²) in [6, 6.07) is 19.1. The lowest BCUT2D eigenvalue weighted by Crippen LogP contribution is -2.17. The zero-order valence-corrected chi connectivity index (χ0v) is 19.9. The van der Waals surface area contributed by atoms with E-state index in [2.05, 4.69) is 15.6 Å². The van der Waals surface area contributed by atoms with Gasteiger partial charge in [0.05, 0.1) is 36.5 Å². The number of aromatic nitrogens is 2. The first kappa shape index (κ1) is 23.8. The molecule has 186 valence electrons. The quantitative estimate of drug-likeness (QED) is 0.276. The molecule has 0 atom stereocenters. The molecule has 0 aliphatic carbocycles. The zero-order chi connectivity index (χ0) is 25.8. The molecule has 9 heteroatoms. The van der Waals surface area contributed by atoms with Crippen molar-refractivity contribution >= 4 is 34.3 Å². The Morgan fingerprint density at radius 2 is 1.84 bits per heavy atom. The molecule has 0 saturated heterocycles. The molecule has 8 nitrogen and oxygen atoms in total. The maximum absolute atomic E-state index is 13.3. The molecule has 2 N–H and O–H groups in total. The molecule has 0 aliphatic heterocycles. The molecule has 5 aromatic rings. The molecule has 0 saturated carbocycles. The molecular weight excluding hydrogens is 475 g/mol. The Hall–Kier alpha value is -4.92. The molecule has 3 heterocycles. The second-order valence-electron chi connectivity index (χ2n) is 8.33. The standard InChI is InChI=1S/C28H23FN4O4/c1-36-28(35)25-24(32-27(34)20-11-12-37-17-20)23-13-22(30-14-18-7-9-21(29)10-8-18)15-31-26(23)33(25)16-19-5-3-2-4-6-19/h2-13,15,17,30H,14,16H2,1H3,(H,32,34). The van der Waals surface area contributed by atoms with Crippen LogP contribution in [0.1, 0.15) is 32.0 Å². The minimum atomic E-state index is -0.614. The summed E-state index contributed by atoms with van der Waals surface area (Å²) in [7, 11) is 1.29. The lowest BCUT2D eigenvalue weighted by atomic mass is 10.2. The summed E-state index contributed by atoms with van der Waals surface area (Å²) < 4.78 is 25.1. The van der Waals surface area contributed by atoms with Gasteiger partial charge in [0, 0.05) is 18.5 Å². The van der Waals surface area contributed by atoms with Crippen LogP contribution in [0.4, 0.5) is 15.8 Å². The number of hydrogen-bond donors (Lipinski definition) is 2. The molecule has 37 heavy (non-hydrogen) atoms. The Morgan fingerprint density at radius 3 is 2.54 bits per heavy atom. The van der Waals surface area contributed by atoms with Crippen LogP contribution in [-0.4, -0.2) is 28.5 Å². The number of fused-ring (bicyclic) bond motifs is 1. The highest BCUT2D eigenvalue weighted by Gasteiger charge is 2.27. The van der Waals surface area contributed by atoms with Crippen LogP contribution in [0.15, 0.2) is 89.9 Å². The molecule has 0 aliphatic rings. The fourth-order valence-electron chi connectivity index (χ4n) is 4.06. The van der Waals surface area contributed by atoms with Crippen molar-refractivity contribution in [2.75, 3.05) is 17.7 Å². The van der Waals surface area contributed by atoms with Gasteiger partial charge in [-0.15, -0.1) is 0 Å². The first-order valence-electron chi connectivity index (χ1n) is 11.5. The van der Waals surface area contributed by atoms with Gasteiger partial charge in [-0.05, 0) is 35.4 Å². The number of hydrogen-bond acceptors (Lipinski definition) is 6. The molecule has 0 spiro atoms. The van der Waals surface area contributed by atoms with Gasteiger partial charge in [-0.2, -0.15) is 0 Å². The first-order valence-corrected chi connectivity index (χ1v) is 11.5. The highest BCUT2D eigenvalue weighted by molar-refractivity contribution is 6.14. The third-order valence-corrected chi connectivity index (χ3v) is 5.89. The minimum Gasteiger partial charge on any atom is -0.472 e. The van der Waals surface area contributed by atoms with E-state index in [-0.39, 0.29) is 17.2 Å². The van der Waals surface area contributed by atoms with Gasteiger partial charge in [0.25, 0.3) is 5.91 Å². The van der Waals surface area contributed by atoms with Crippen LogP contribution in [0, 0.1) is 5.82 Å². The number of nitrogens with zero attached hydrogens (tertiary/aromatic N) is 2. The van der Waals surface area contributed by atoms with Crippen molar-refractivity contribution in [1.82, 2.24) is 9.55 Å². The number of methoxy groups -OCH3 is 1. The number of nitrogens with one attached hydrogen (secondary N) is 2. The van der Waals surface area contributed by atoms with Crippen molar-refractivity contribution in [2.24, 2.45) is 0 Å². The van der Waals surface area contributed by atoms with Crippen LogP contribution in [-0.2, 0) is 17.8 Å². The number of furan rings is 1. The number of esters is 1. The van der Waals surface area contributed by atoms with Gasteiger partial charge in [-0.25, -0.2) is 14.2 Å². The average Bonchev–Trinajstić information content (AvgIpc) is 3.56. The Labute approximate surface area is 211 Å². The van der Waals surface area contributed by atoms with Crippen molar-refractivity contribution in [3.63, 3.8) is 0 Å². The van der Waals surface area contributed by atoms with E-state index in [0.717, 1.165) is 11.1 Å². The predicted octanol–water partition coefficient (Wildman–Crippen LogP) is 5.47. The summed E-state index contributed by atoms with van der Waals surface area (Å²) >= 11 is 0. The maximum atomic E-state index is 13.3. The van der Waals surface area contributed by atoms with Gasteiger partial charge in [0.1, 0.15) is 17.7 Å². The van der Waals surface area contributed by atoms with Crippen LogP contribution < -0.4 is 10.6 Å². The molecule has 0 unspecified atom stereocenters. The SMILES string of the molecule is COC(=O)c1c(NC(=O)c2ccoc2)c2cc(NCc3ccc(F)cc3)cnc2n1Cc1ccccc1. The van der Waals surface area contributed by atoms with Crippen LogP contribution in [0.2, 0.25) is 0 Å². The fraction of sp³-hybridized carbons (Fsp3) is 0.107. The lowest BCUT2D eigenvalue weighted by Gasteiger charge is -2.11. The van der Waals surface area contributed by atoms with E-state index in [1.165, 1.54) is 37.8 Å². The molecular formula is C28H23FN4O4. The minimum absolute atomic E-state index is 0.168. The van der Waals surface area contributed by atoms with Crippen LogP contribution in [0.25, 0.3) is 11.0 Å². The normalized spacial score (nSPS) is 10.9. The fourth-order valence-corrected chi connectivity index (χ4v) is 4.06. The molecule has 0 fully saturated rings. The maximum Gasteiger partial charge on any atom is 0.356 e. The van der Waals surface area contributed by atoms with Gasteiger partial charge in [0.2, 0.25) is 0 Å². The average molecular weight is 499 g/mol. The summed E-state index contributed by atoms with van der Waals surface area (Å²) in [4.78, 5) is 30.6. The summed E-state index contributed by atoms with van der Waals surface area (Å²) in [5.74, 6) is -1.36. The van der Waals surface area contributed by atoms with Gasteiger partial charge in [-0.3, -0.25) is 4.79 Å². The summed E-state index contributed by atoms with van der Waals surface area (Å²) in [6.07, 6.45) is 4.37. The highest BCUT2D eigenvalue weighted by atomic mass is 19.1. The van der Waals surface area contributed by atoms with Crippen molar-refractivity contribution in [3.05, 3.63) is 114 Å². The largest absolute Gasteiger partial charge is 0.472 e. The highest BCUT2D eigenvalue weighted by Crippen LogP contribution is 2.34. The summed E-state index contributed by atoms with van der Waals surface area (Å²) in [5, 5.41) is 6.67. The summed E-state index contributed by atoms with van der Waals surface area (Å²) in [5.41, 5.74) is 3.73. The second-order valence-corrected chi connectivity index (χ2v) is 8.33. The van der Waals surface area contributed by atoms with Crippen molar-refractivity contribution in [2.45, 2.75) is 13.1 Å². The van der Waals surface area contributed by atoms with Crippen LogP contribution >= 0.6 is 0 Å². The van der Waals surface area contributed by atoms with Crippen LogP contribution in [0.3, 0.4) is 0 Å². The van der Waals surface area contributed by atoms with Gasteiger partial charge >= 0.3 is 5.97 Å². The molecule has 5 rings (SSSR count). The van der Waals surface area contributed by atoms with Crippen molar-refractivity contribution < 1.29 is 23.1 Å². The number of ether oxygens (including phenoxy) is 1. The van der Waals surface area contributed by atoms with E-state index in [1.807, 2.05) is 36.4 Å². The Balaban J connectivity index is 1.59. The number of rotatable bonds is 8. The number of pyridine rings is 1. The van der Waals surface area contributed by atoms with Gasteiger partial charge in [-0.1, -0.05) is 42.5 Å². The van der Waals surface area contributed by atoms with Crippen molar-refractivity contribution in [1.29, 1.82) is 0 Å². The zero-order valence-electron chi connectivity index (χ0n) is 19.9. The predicted molar refractivity (Wildman–Crippen MR) is 137 cm³/mol. The van der Waals surface area contributed by atoms with E-state index in [9.17, 15) is 14.0 Å². The molecule has 0 radical (unpaired) electrons. The number of halogens is 1. The number of anilines is 2. The van der Waals surface area contributed by atoms with E-state index in [1.54, 1.807) is 22.9 Å². The third-order valence-electron chi connectivity index (χ3n) is 5.89. The van der Waals surface area contributed by atoms with Crippen LogP contribution in [0.5, 0.6) is 0 Å².